The number of carbonyl (C=O) groups excluding carboxylic acids is 1. The zero-order valence-electron chi connectivity index (χ0n) is 18.9. The molecule has 2 aromatic carbocycles. The van der Waals surface area contributed by atoms with Crippen LogP contribution in [0.15, 0.2) is 42.5 Å². The predicted molar refractivity (Wildman–Crippen MR) is 122 cm³/mol. The van der Waals surface area contributed by atoms with Gasteiger partial charge in [-0.1, -0.05) is 23.8 Å². The highest BCUT2D eigenvalue weighted by Crippen LogP contribution is 2.45. The third kappa shape index (κ3) is 4.08. The molecule has 0 bridgehead atoms. The summed E-state index contributed by atoms with van der Waals surface area (Å²) in [6.07, 6.45) is 0.860. The van der Waals surface area contributed by atoms with Crippen molar-refractivity contribution >= 4 is 5.91 Å². The molecular weight excluding hydrogens is 406 g/mol. The molecule has 1 amide bonds. The second-order valence-corrected chi connectivity index (χ2v) is 8.33. The summed E-state index contributed by atoms with van der Waals surface area (Å²) in [5, 5.41) is 17.9. The third-order valence-corrected chi connectivity index (χ3v) is 5.68. The molecule has 1 aliphatic rings. The number of hydrogen-bond acceptors (Lipinski definition) is 5. The molecular formula is C25H29N3O4. The maximum absolute atomic E-state index is 13.4. The van der Waals surface area contributed by atoms with Crippen molar-refractivity contribution in [1.29, 1.82) is 0 Å². The molecule has 1 aromatic heterocycles. The summed E-state index contributed by atoms with van der Waals surface area (Å²) in [5.74, 6) is 0.740. The Kier molecular flexibility index (Phi) is 6.19. The van der Waals surface area contributed by atoms with Crippen LogP contribution >= 0.6 is 0 Å². The maximum Gasteiger partial charge on any atom is 0.273 e. The lowest BCUT2D eigenvalue weighted by atomic mass is 9.95. The van der Waals surface area contributed by atoms with Crippen molar-refractivity contribution in [3.63, 3.8) is 0 Å². The molecule has 2 N–H and O–H groups in total. The van der Waals surface area contributed by atoms with E-state index in [1.165, 1.54) is 0 Å². The number of rotatable bonds is 8. The van der Waals surface area contributed by atoms with Gasteiger partial charge in [0.2, 0.25) is 0 Å². The van der Waals surface area contributed by atoms with Crippen LogP contribution in [0, 0.1) is 6.92 Å². The number of phenols is 1. The van der Waals surface area contributed by atoms with E-state index in [1.807, 2.05) is 62.1 Å². The fraction of sp³-hybridized carbons (Fsp3) is 0.360. The standard InChI is InChI=1S/C25H29N3O4/c1-15(2)32-12-6-11-28-24(17-7-5-8-18(14-17)31-4)21-22(26-27-23(21)25(28)30)19-13-16(3)9-10-20(19)29/h5,7-10,13-15,24,29H,6,11-12H2,1-4H3,(H,26,27). The van der Waals surface area contributed by atoms with E-state index in [2.05, 4.69) is 10.2 Å². The summed E-state index contributed by atoms with van der Waals surface area (Å²) in [6.45, 7) is 7.06. The SMILES string of the molecule is COc1cccc(C2c3c(-c4cc(C)ccc4O)n[nH]c3C(=O)N2CCCOC(C)C)c1. The Morgan fingerprint density at radius 3 is 2.78 bits per heavy atom. The van der Waals surface area contributed by atoms with Crippen molar-refractivity contribution in [3.8, 4) is 22.8 Å². The lowest BCUT2D eigenvalue weighted by Gasteiger charge is -2.27. The van der Waals surface area contributed by atoms with E-state index in [0.29, 0.717) is 36.5 Å². The van der Waals surface area contributed by atoms with Crippen LogP contribution in [0.3, 0.4) is 0 Å². The maximum atomic E-state index is 13.4. The van der Waals surface area contributed by atoms with E-state index in [9.17, 15) is 9.90 Å². The number of benzene rings is 2. The number of aryl methyl sites for hydroxylation is 1. The lowest BCUT2D eigenvalue weighted by molar-refractivity contribution is 0.0601. The molecule has 7 heteroatoms. The smallest absolute Gasteiger partial charge is 0.273 e. The number of ether oxygens (including phenoxy) is 2. The molecule has 1 aliphatic heterocycles. The molecule has 1 unspecified atom stereocenters. The Balaban J connectivity index is 1.78. The quantitative estimate of drug-likeness (QED) is 0.510. The number of nitrogens with one attached hydrogen (secondary N) is 1. The fourth-order valence-electron chi connectivity index (χ4n) is 4.18. The van der Waals surface area contributed by atoms with E-state index in [4.69, 9.17) is 9.47 Å². The third-order valence-electron chi connectivity index (χ3n) is 5.68. The topological polar surface area (TPSA) is 87.7 Å². The minimum absolute atomic E-state index is 0.108. The lowest BCUT2D eigenvalue weighted by Crippen LogP contribution is -2.31. The molecule has 32 heavy (non-hydrogen) atoms. The Morgan fingerprint density at radius 1 is 1.22 bits per heavy atom. The first-order valence-corrected chi connectivity index (χ1v) is 10.9. The van der Waals surface area contributed by atoms with Crippen molar-refractivity contribution in [2.24, 2.45) is 0 Å². The fourth-order valence-corrected chi connectivity index (χ4v) is 4.18. The molecule has 0 saturated heterocycles. The number of aromatic nitrogens is 2. The van der Waals surface area contributed by atoms with Crippen LogP contribution in [-0.2, 0) is 4.74 Å². The van der Waals surface area contributed by atoms with Gasteiger partial charge in [0.25, 0.3) is 5.91 Å². The summed E-state index contributed by atoms with van der Waals surface area (Å²) in [7, 11) is 1.62. The van der Waals surface area contributed by atoms with Crippen LogP contribution < -0.4 is 4.74 Å². The molecule has 3 aromatic rings. The van der Waals surface area contributed by atoms with Gasteiger partial charge in [-0.25, -0.2) is 0 Å². The average Bonchev–Trinajstić information content (AvgIpc) is 3.32. The van der Waals surface area contributed by atoms with Crippen molar-refractivity contribution in [2.75, 3.05) is 20.3 Å². The van der Waals surface area contributed by atoms with Gasteiger partial charge in [-0.05, 0) is 57.0 Å². The molecule has 1 atom stereocenters. The van der Waals surface area contributed by atoms with Gasteiger partial charge in [-0.3, -0.25) is 9.89 Å². The van der Waals surface area contributed by atoms with Gasteiger partial charge >= 0.3 is 0 Å². The van der Waals surface area contributed by atoms with Crippen molar-refractivity contribution in [3.05, 3.63) is 64.8 Å². The molecule has 0 saturated carbocycles. The predicted octanol–water partition coefficient (Wildman–Crippen LogP) is 4.46. The van der Waals surface area contributed by atoms with Crippen LogP contribution in [0.5, 0.6) is 11.5 Å². The Labute approximate surface area is 188 Å². The summed E-state index contributed by atoms with van der Waals surface area (Å²) in [4.78, 5) is 15.2. The van der Waals surface area contributed by atoms with Gasteiger partial charge in [-0.2, -0.15) is 5.10 Å². The molecule has 0 spiro atoms. The minimum Gasteiger partial charge on any atom is -0.507 e. The summed E-state index contributed by atoms with van der Waals surface area (Å²) in [6, 6.07) is 12.8. The van der Waals surface area contributed by atoms with E-state index in [0.717, 1.165) is 22.4 Å². The second kappa shape index (κ2) is 9.04. The van der Waals surface area contributed by atoms with Gasteiger partial charge in [-0.15, -0.1) is 0 Å². The summed E-state index contributed by atoms with van der Waals surface area (Å²) >= 11 is 0. The zero-order valence-corrected chi connectivity index (χ0v) is 18.9. The molecule has 0 radical (unpaired) electrons. The highest BCUT2D eigenvalue weighted by molar-refractivity contribution is 6.00. The van der Waals surface area contributed by atoms with Gasteiger partial charge in [0.1, 0.15) is 22.9 Å². The van der Waals surface area contributed by atoms with Crippen molar-refractivity contribution in [2.45, 2.75) is 39.3 Å². The molecule has 0 fully saturated rings. The largest absolute Gasteiger partial charge is 0.507 e. The number of phenolic OH excluding ortho intramolecular Hbond substituents is 1. The summed E-state index contributed by atoms with van der Waals surface area (Å²) in [5.41, 5.74) is 4.35. The number of methoxy groups -OCH3 is 1. The normalized spacial score (nSPS) is 15.5. The van der Waals surface area contributed by atoms with Crippen LogP contribution in [-0.4, -0.2) is 52.5 Å². The molecule has 4 rings (SSSR count). The number of aromatic amines is 1. The van der Waals surface area contributed by atoms with Crippen LogP contribution in [0.1, 0.15) is 53.5 Å². The first-order chi connectivity index (χ1) is 15.4. The average molecular weight is 436 g/mol. The minimum atomic E-state index is -0.347. The number of hydrogen-bond donors (Lipinski definition) is 2. The highest BCUT2D eigenvalue weighted by Gasteiger charge is 2.42. The first-order valence-electron chi connectivity index (χ1n) is 10.9. The Morgan fingerprint density at radius 2 is 2.03 bits per heavy atom. The number of nitrogens with zero attached hydrogens (tertiary/aromatic N) is 2. The van der Waals surface area contributed by atoms with E-state index < -0.39 is 0 Å². The monoisotopic (exact) mass is 435 g/mol. The highest BCUT2D eigenvalue weighted by atomic mass is 16.5. The molecule has 2 heterocycles. The number of H-pyrrole nitrogens is 1. The number of aromatic hydroxyl groups is 1. The number of amides is 1. The Bertz CT molecular complexity index is 1120. The molecule has 0 aliphatic carbocycles. The first kappa shape index (κ1) is 21.9. The number of carbonyl (C=O) groups is 1. The zero-order chi connectivity index (χ0) is 22.8. The van der Waals surface area contributed by atoms with Gasteiger partial charge < -0.3 is 19.5 Å². The van der Waals surface area contributed by atoms with Gasteiger partial charge in [0.05, 0.1) is 19.3 Å². The van der Waals surface area contributed by atoms with Gasteiger partial charge in [0, 0.05) is 24.3 Å². The van der Waals surface area contributed by atoms with Crippen LogP contribution in [0.2, 0.25) is 0 Å². The summed E-state index contributed by atoms with van der Waals surface area (Å²) < 4.78 is 11.1. The second-order valence-electron chi connectivity index (χ2n) is 8.33. The van der Waals surface area contributed by atoms with E-state index in [1.54, 1.807) is 13.2 Å². The van der Waals surface area contributed by atoms with Crippen LogP contribution in [0.25, 0.3) is 11.3 Å². The molecule has 7 nitrogen and oxygen atoms in total. The van der Waals surface area contributed by atoms with Crippen molar-refractivity contribution < 1.29 is 19.4 Å². The molecule has 168 valence electrons. The Hall–Kier alpha value is -3.32. The van der Waals surface area contributed by atoms with E-state index in [-0.39, 0.29) is 23.8 Å². The number of fused-ring (bicyclic) bond motifs is 1. The van der Waals surface area contributed by atoms with E-state index >= 15 is 0 Å². The van der Waals surface area contributed by atoms with Gasteiger partial charge in [0.15, 0.2) is 0 Å². The van der Waals surface area contributed by atoms with Crippen LogP contribution in [0.4, 0.5) is 0 Å². The van der Waals surface area contributed by atoms with Crippen molar-refractivity contribution in [1.82, 2.24) is 15.1 Å².